The Morgan fingerprint density at radius 3 is 2.33 bits per heavy atom. The normalized spacial score (nSPS) is 14.0. The summed E-state index contributed by atoms with van der Waals surface area (Å²) in [5.74, 6) is 0.412. The number of carbonyl (C=O) groups is 1. The molecule has 0 radical (unpaired) electrons. The number of methoxy groups -OCH3 is 4. The first-order valence-corrected chi connectivity index (χ1v) is 11.8. The number of furan rings is 1. The zero-order chi connectivity index (χ0) is 28.4. The van der Waals surface area contributed by atoms with Gasteiger partial charge < -0.3 is 38.6 Å². The molecular weight excluding hydrogens is 520 g/mol. The maximum Gasteiger partial charge on any atom is 0.379 e. The van der Waals surface area contributed by atoms with Crippen molar-refractivity contribution < 1.29 is 37.6 Å². The Balaban J connectivity index is 1.63. The Labute approximate surface area is 228 Å². The third-order valence-electron chi connectivity index (χ3n) is 6.34. The van der Waals surface area contributed by atoms with Crippen LogP contribution in [0.4, 0.5) is 0 Å². The number of rotatable bonds is 8. The first-order chi connectivity index (χ1) is 19.4. The summed E-state index contributed by atoms with van der Waals surface area (Å²) in [5.41, 5.74) is 8.61. The zero-order valence-corrected chi connectivity index (χ0v) is 21.9. The van der Waals surface area contributed by atoms with Crippen molar-refractivity contribution >= 4 is 5.97 Å². The molecule has 1 aliphatic rings. The summed E-state index contributed by atoms with van der Waals surface area (Å²) in [6.45, 7) is 0. The fraction of sp³-hybridized carbons (Fsp3) is 0.179. The molecule has 3 N–H and O–H groups in total. The second-order valence-corrected chi connectivity index (χ2v) is 8.43. The van der Waals surface area contributed by atoms with E-state index < -0.39 is 11.9 Å². The first-order valence-electron chi connectivity index (χ1n) is 11.8. The number of ether oxygens (including phenoxy) is 6. The largest absolute Gasteiger partial charge is 0.493 e. The highest BCUT2D eigenvalue weighted by atomic mass is 16.6. The topological polar surface area (TPSA) is 164 Å². The number of nitrogens with one attached hydrogen (secondary N) is 1. The van der Waals surface area contributed by atoms with Crippen molar-refractivity contribution in [2.75, 3.05) is 28.4 Å². The number of aromatic amines is 1. The van der Waals surface area contributed by atoms with Crippen LogP contribution >= 0.6 is 0 Å². The number of aromatic nitrogens is 2. The molecule has 1 atom stereocenters. The molecule has 3 heterocycles. The number of hydrogen-bond acceptors (Lipinski definition) is 11. The van der Waals surface area contributed by atoms with Crippen LogP contribution in [0, 0.1) is 11.3 Å². The molecule has 0 spiro atoms. The quantitative estimate of drug-likeness (QED) is 0.242. The minimum absolute atomic E-state index is 0.0380. The lowest BCUT2D eigenvalue weighted by molar-refractivity contribution is 0.0696. The SMILES string of the molecule is COc1cc(C2C(C#N)=C(N)Oc3n[nH]c(-c4cc(OC)c(OC)c(OC)c4)c32)ccc1OC(=O)c1ccco1. The van der Waals surface area contributed by atoms with Gasteiger partial charge in [0.2, 0.25) is 23.3 Å². The number of nitrogens with zero attached hydrogens (tertiary/aromatic N) is 2. The van der Waals surface area contributed by atoms with Gasteiger partial charge in [-0.2, -0.15) is 5.26 Å². The lowest BCUT2D eigenvalue weighted by Gasteiger charge is -2.25. The van der Waals surface area contributed by atoms with E-state index in [1.807, 2.05) is 0 Å². The molecule has 0 fully saturated rings. The van der Waals surface area contributed by atoms with Crippen LogP contribution in [0.2, 0.25) is 0 Å². The molecule has 4 aromatic rings. The zero-order valence-electron chi connectivity index (χ0n) is 21.9. The van der Waals surface area contributed by atoms with E-state index in [0.717, 1.165) is 0 Å². The van der Waals surface area contributed by atoms with E-state index in [1.54, 1.807) is 36.4 Å². The van der Waals surface area contributed by atoms with Gasteiger partial charge in [-0.15, -0.1) is 5.10 Å². The third kappa shape index (κ3) is 4.39. The van der Waals surface area contributed by atoms with E-state index in [0.29, 0.717) is 39.6 Å². The molecular formula is C28H24N4O8. The van der Waals surface area contributed by atoms with Gasteiger partial charge in [0.25, 0.3) is 0 Å². The highest BCUT2D eigenvalue weighted by Crippen LogP contribution is 2.49. The van der Waals surface area contributed by atoms with Crippen molar-refractivity contribution in [3.63, 3.8) is 0 Å². The second kappa shape index (κ2) is 10.7. The van der Waals surface area contributed by atoms with Crippen LogP contribution in [0.1, 0.15) is 27.6 Å². The van der Waals surface area contributed by atoms with Gasteiger partial charge in [0.1, 0.15) is 11.6 Å². The first kappa shape index (κ1) is 26.1. The summed E-state index contributed by atoms with van der Waals surface area (Å²) in [6, 6.07) is 13.6. The maximum atomic E-state index is 12.5. The van der Waals surface area contributed by atoms with E-state index in [4.69, 9.17) is 38.6 Å². The van der Waals surface area contributed by atoms with E-state index in [-0.39, 0.29) is 34.6 Å². The molecule has 5 rings (SSSR count). The minimum atomic E-state index is -0.717. The summed E-state index contributed by atoms with van der Waals surface area (Å²) in [4.78, 5) is 12.5. The number of esters is 1. The highest BCUT2D eigenvalue weighted by molar-refractivity contribution is 5.88. The van der Waals surface area contributed by atoms with Gasteiger partial charge in [0, 0.05) is 5.56 Å². The van der Waals surface area contributed by atoms with Gasteiger partial charge in [-0.25, -0.2) is 4.79 Å². The predicted molar refractivity (Wildman–Crippen MR) is 140 cm³/mol. The Morgan fingerprint density at radius 1 is 1.00 bits per heavy atom. The summed E-state index contributed by atoms with van der Waals surface area (Å²) in [5, 5.41) is 17.4. The highest BCUT2D eigenvalue weighted by Gasteiger charge is 2.36. The molecule has 40 heavy (non-hydrogen) atoms. The lowest BCUT2D eigenvalue weighted by atomic mass is 9.83. The molecule has 0 bridgehead atoms. The number of nitrogens with two attached hydrogens (primary N) is 1. The van der Waals surface area contributed by atoms with Gasteiger partial charge in [0.15, 0.2) is 23.0 Å². The number of hydrogen-bond donors (Lipinski definition) is 2. The molecule has 12 nitrogen and oxygen atoms in total. The lowest BCUT2D eigenvalue weighted by Crippen LogP contribution is -2.21. The Morgan fingerprint density at radius 2 is 1.73 bits per heavy atom. The number of carbonyl (C=O) groups excluding carboxylic acids is 1. The molecule has 12 heteroatoms. The number of benzene rings is 2. The monoisotopic (exact) mass is 544 g/mol. The van der Waals surface area contributed by atoms with E-state index in [9.17, 15) is 10.1 Å². The van der Waals surface area contributed by atoms with E-state index >= 15 is 0 Å². The number of fused-ring (bicyclic) bond motifs is 1. The standard InChI is InChI=1S/C28H24N4O8/c1-34-19-10-14(7-8-17(19)39-28(33)18-6-5-9-38-18)22-16(13-29)26(30)40-27-23(22)24(31-32-27)15-11-20(35-2)25(37-4)21(12-15)36-3/h5-12,22H,30H2,1-4H3,(H,31,32). The van der Waals surface area contributed by atoms with Gasteiger partial charge in [-0.1, -0.05) is 6.07 Å². The van der Waals surface area contributed by atoms with Crippen molar-refractivity contribution in [2.24, 2.45) is 5.73 Å². The van der Waals surface area contributed by atoms with E-state index in [2.05, 4.69) is 16.3 Å². The summed E-state index contributed by atoms with van der Waals surface area (Å²) < 4.78 is 38.3. The predicted octanol–water partition coefficient (Wildman–Crippen LogP) is 4.14. The van der Waals surface area contributed by atoms with Crippen LogP contribution in [0.5, 0.6) is 34.6 Å². The molecule has 0 aliphatic carbocycles. The van der Waals surface area contributed by atoms with Crippen LogP contribution < -0.4 is 34.2 Å². The smallest absolute Gasteiger partial charge is 0.379 e. The Kier molecular flexibility index (Phi) is 6.94. The van der Waals surface area contributed by atoms with Crippen LogP contribution in [0.25, 0.3) is 11.3 Å². The molecule has 0 saturated carbocycles. The molecule has 0 amide bonds. The third-order valence-corrected chi connectivity index (χ3v) is 6.34. The van der Waals surface area contributed by atoms with Crippen LogP contribution in [-0.2, 0) is 0 Å². The van der Waals surface area contributed by atoms with Gasteiger partial charge in [0.05, 0.1) is 51.9 Å². The Hall–Kier alpha value is -5.57. The second-order valence-electron chi connectivity index (χ2n) is 8.43. The number of H-pyrrole nitrogens is 1. The fourth-order valence-corrected chi connectivity index (χ4v) is 4.52. The number of allylic oxidation sites excluding steroid dienone is 1. The van der Waals surface area contributed by atoms with Crippen molar-refractivity contribution in [3.05, 3.63) is 77.1 Å². The molecule has 1 unspecified atom stereocenters. The van der Waals surface area contributed by atoms with Crippen molar-refractivity contribution in [1.82, 2.24) is 10.2 Å². The maximum absolute atomic E-state index is 12.5. The van der Waals surface area contributed by atoms with Crippen LogP contribution in [0.3, 0.4) is 0 Å². The van der Waals surface area contributed by atoms with E-state index in [1.165, 1.54) is 40.8 Å². The Bertz CT molecular complexity index is 1620. The minimum Gasteiger partial charge on any atom is -0.493 e. The van der Waals surface area contributed by atoms with Crippen molar-refractivity contribution in [1.29, 1.82) is 5.26 Å². The average Bonchev–Trinajstić information content (AvgIpc) is 3.66. The van der Waals surface area contributed by atoms with Crippen molar-refractivity contribution in [2.45, 2.75) is 5.92 Å². The molecule has 2 aromatic heterocycles. The summed E-state index contributed by atoms with van der Waals surface area (Å²) in [7, 11) is 5.98. The summed E-state index contributed by atoms with van der Waals surface area (Å²) in [6.07, 6.45) is 1.37. The molecule has 204 valence electrons. The summed E-state index contributed by atoms with van der Waals surface area (Å²) >= 11 is 0. The average molecular weight is 545 g/mol. The van der Waals surface area contributed by atoms with Crippen LogP contribution in [0.15, 0.2) is 64.6 Å². The molecule has 0 saturated heterocycles. The van der Waals surface area contributed by atoms with Gasteiger partial charge >= 0.3 is 5.97 Å². The van der Waals surface area contributed by atoms with Gasteiger partial charge in [-0.3, -0.25) is 5.10 Å². The molecule has 1 aliphatic heterocycles. The van der Waals surface area contributed by atoms with Crippen molar-refractivity contribution in [3.8, 4) is 52.0 Å². The molecule has 2 aromatic carbocycles. The van der Waals surface area contributed by atoms with Crippen LogP contribution in [-0.4, -0.2) is 44.6 Å². The van der Waals surface area contributed by atoms with Gasteiger partial charge in [-0.05, 0) is 42.0 Å². The fourth-order valence-electron chi connectivity index (χ4n) is 4.52. The number of nitriles is 1.